The van der Waals surface area contributed by atoms with Gasteiger partial charge in [0.1, 0.15) is 0 Å². The van der Waals surface area contributed by atoms with Crippen molar-refractivity contribution in [2.24, 2.45) is 0 Å². The normalized spacial score (nSPS) is 13.9. The van der Waals surface area contributed by atoms with Crippen molar-refractivity contribution >= 4 is 29.0 Å². The lowest BCUT2D eigenvalue weighted by Crippen LogP contribution is -2.30. The van der Waals surface area contributed by atoms with Crippen LogP contribution in [0.15, 0.2) is 30.7 Å². The van der Waals surface area contributed by atoms with Crippen molar-refractivity contribution in [3.8, 4) is 0 Å². The van der Waals surface area contributed by atoms with E-state index in [4.69, 9.17) is 11.6 Å². The van der Waals surface area contributed by atoms with Gasteiger partial charge in [0.15, 0.2) is 0 Å². The van der Waals surface area contributed by atoms with Crippen molar-refractivity contribution in [3.63, 3.8) is 0 Å². The molecule has 0 N–H and O–H groups in total. The number of anilines is 1. The highest BCUT2D eigenvalue weighted by molar-refractivity contribution is 6.55. The van der Waals surface area contributed by atoms with Crippen LogP contribution in [-0.4, -0.2) is 21.2 Å². The monoisotopic (exact) mass is 303 g/mol. The van der Waals surface area contributed by atoms with Crippen molar-refractivity contribution in [1.82, 2.24) is 9.55 Å². The second kappa shape index (κ2) is 5.33. The lowest BCUT2D eigenvalue weighted by molar-refractivity contribution is -0.114. The Hall–Kier alpha value is -2.14. The summed E-state index contributed by atoms with van der Waals surface area (Å²) in [5.41, 5.74) is 1.76. The Morgan fingerprint density at radius 2 is 2.10 bits per heavy atom. The second-order valence-electron chi connectivity index (χ2n) is 4.93. The highest BCUT2D eigenvalue weighted by Gasteiger charge is 2.37. The van der Waals surface area contributed by atoms with Gasteiger partial charge in [-0.1, -0.05) is 24.6 Å². The van der Waals surface area contributed by atoms with Crippen LogP contribution in [-0.2, 0) is 17.9 Å². The Morgan fingerprint density at radius 1 is 1.29 bits per heavy atom. The number of carbonyl (C=O) groups excluding carboxylic acids is 2. The van der Waals surface area contributed by atoms with E-state index in [9.17, 15) is 9.59 Å². The number of Topliss-reactive ketones (excluding diaryl/α,β-unsaturated/α-hetero) is 1. The maximum Gasteiger partial charge on any atom is 0.299 e. The number of carbonyl (C=O) groups is 2. The fraction of sp³-hybridized carbons (Fsp3) is 0.267. The number of benzene rings is 1. The first-order valence-corrected chi connectivity index (χ1v) is 7.15. The average Bonchev–Trinajstić information content (AvgIpc) is 2.99. The number of halogens is 1. The molecule has 5 nitrogen and oxygen atoms in total. The predicted octanol–water partition coefficient (Wildman–Crippen LogP) is 2.68. The summed E-state index contributed by atoms with van der Waals surface area (Å²) < 4.78 is 1.99. The number of nitrogens with zero attached hydrogens (tertiary/aromatic N) is 3. The minimum Gasteiger partial charge on any atom is -0.333 e. The largest absolute Gasteiger partial charge is 0.333 e. The Labute approximate surface area is 127 Å². The lowest BCUT2D eigenvalue weighted by atomic mass is 10.1. The maximum absolute atomic E-state index is 12.2. The molecule has 1 aliphatic heterocycles. The minimum absolute atomic E-state index is 0.297. The van der Waals surface area contributed by atoms with Gasteiger partial charge < -0.3 is 4.57 Å². The average molecular weight is 304 g/mol. The number of hydrogen-bond acceptors (Lipinski definition) is 3. The molecule has 0 radical (unpaired) electrons. The lowest BCUT2D eigenvalue weighted by Gasteiger charge is -2.17. The summed E-state index contributed by atoms with van der Waals surface area (Å²) in [4.78, 5) is 29.8. The van der Waals surface area contributed by atoms with Gasteiger partial charge in [-0.3, -0.25) is 14.5 Å². The molecule has 0 spiro atoms. The molecule has 0 bridgehead atoms. The molecule has 1 aliphatic rings. The smallest absolute Gasteiger partial charge is 0.299 e. The molecule has 0 unspecified atom stereocenters. The van der Waals surface area contributed by atoms with Crippen LogP contribution in [0.4, 0.5) is 5.69 Å². The molecule has 1 aromatic carbocycles. The predicted molar refractivity (Wildman–Crippen MR) is 79.5 cm³/mol. The zero-order valence-electron chi connectivity index (χ0n) is 11.5. The Morgan fingerprint density at radius 3 is 2.86 bits per heavy atom. The molecule has 6 heteroatoms. The Bertz CT molecular complexity index is 723. The fourth-order valence-corrected chi connectivity index (χ4v) is 2.80. The van der Waals surface area contributed by atoms with Crippen LogP contribution >= 0.6 is 11.6 Å². The van der Waals surface area contributed by atoms with Crippen molar-refractivity contribution < 1.29 is 9.59 Å². The number of ketones is 1. The summed E-state index contributed by atoms with van der Waals surface area (Å²) in [5.74, 6) is -1.08. The molecule has 108 valence electrons. The molecule has 3 rings (SSSR count). The number of amides is 1. The zero-order valence-corrected chi connectivity index (χ0v) is 12.3. The minimum atomic E-state index is -0.544. The van der Waals surface area contributed by atoms with Crippen molar-refractivity contribution in [2.45, 2.75) is 26.4 Å². The summed E-state index contributed by atoms with van der Waals surface area (Å²) in [6.07, 6.45) is 4.43. The van der Waals surface area contributed by atoms with E-state index in [1.165, 1.54) is 4.90 Å². The van der Waals surface area contributed by atoms with E-state index in [1.54, 1.807) is 30.7 Å². The van der Waals surface area contributed by atoms with Crippen LogP contribution in [0.5, 0.6) is 0 Å². The summed E-state index contributed by atoms with van der Waals surface area (Å²) in [5, 5.41) is 0.315. The van der Waals surface area contributed by atoms with Crippen LogP contribution in [0, 0.1) is 0 Å². The third kappa shape index (κ3) is 2.23. The van der Waals surface area contributed by atoms with E-state index in [1.807, 2.05) is 4.57 Å². The molecule has 1 amide bonds. The first-order chi connectivity index (χ1) is 10.1. The summed E-state index contributed by atoms with van der Waals surface area (Å²) in [7, 11) is 0. The molecular formula is C15H14ClN3O2. The van der Waals surface area contributed by atoms with Crippen LogP contribution in [0.1, 0.15) is 29.4 Å². The molecule has 2 heterocycles. The standard InChI is InChI=1S/C15H14ClN3O2/c1-2-6-18-9-17-7-10(18)8-19-12-5-3-4-11(16)13(12)14(20)15(19)21/h3-5,7,9H,2,6,8H2,1H3. The van der Waals surface area contributed by atoms with Crippen molar-refractivity contribution in [1.29, 1.82) is 0 Å². The van der Waals surface area contributed by atoms with E-state index in [0.29, 0.717) is 22.8 Å². The second-order valence-corrected chi connectivity index (χ2v) is 5.34. The van der Waals surface area contributed by atoms with Gasteiger partial charge in [0.25, 0.3) is 11.7 Å². The molecule has 0 aliphatic carbocycles. The van der Waals surface area contributed by atoms with Gasteiger partial charge in [0, 0.05) is 12.7 Å². The highest BCUT2D eigenvalue weighted by atomic mass is 35.5. The first kappa shape index (κ1) is 13.8. The topological polar surface area (TPSA) is 55.2 Å². The molecule has 21 heavy (non-hydrogen) atoms. The van der Waals surface area contributed by atoms with Gasteiger partial charge >= 0.3 is 0 Å². The van der Waals surface area contributed by atoms with Crippen LogP contribution in [0.2, 0.25) is 5.02 Å². The fourth-order valence-electron chi connectivity index (χ4n) is 2.54. The van der Waals surface area contributed by atoms with E-state index >= 15 is 0 Å². The molecule has 0 saturated heterocycles. The van der Waals surface area contributed by atoms with Gasteiger partial charge in [-0.15, -0.1) is 0 Å². The third-order valence-electron chi connectivity index (χ3n) is 3.53. The van der Waals surface area contributed by atoms with Gasteiger partial charge in [-0.2, -0.15) is 0 Å². The van der Waals surface area contributed by atoms with Crippen LogP contribution < -0.4 is 4.90 Å². The van der Waals surface area contributed by atoms with E-state index in [-0.39, 0.29) is 0 Å². The van der Waals surface area contributed by atoms with E-state index in [0.717, 1.165) is 18.7 Å². The van der Waals surface area contributed by atoms with E-state index < -0.39 is 11.7 Å². The number of rotatable bonds is 4. The van der Waals surface area contributed by atoms with Crippen molar-refractivity contribution in [3.05, 3.63) is 47.0 Å². The Kier molecular flexibility index (Phi) is 3.51. The number of imidazole rings is 1. The highest BCUT2D eigenvalue weighted by Crippen LogP contribution is 2.34. The quantitative estimate of drug-likeness (QED) is 0.816. The summed E-state index contributed by atoms with van der Waals surface area (Å²) in [6.45, 7) is 3.22. The molecule has 0 fully saturated rings. The molecule has 1 aromatic heterocycles. The van der Waals surface area contributed by atoms with Gasteiger partial charge in [0.05, 0.1) is 34.8 Å². The molecule has 2 aromatic rings. The Balaban J connectivity index is 1.97. The SMILES string of the molecule is CCCn1cncc1CN1C(=O)C(=O)c2c(Cl)cccc21. The maximum atomic E-state index is 12.2. The van der Waals surface area contributed by atoms with E-state index in [2.05, 4.69) is 11.9 Å². The molecule has 0 saturated carbocycles. The number of aromatic nitrogens is 2. The zero-order chi connectivity index (χ0) is 15.0. The summed E-state index contributed by atoms with van der Waals surface area (Å²) >= 11 is 6.04. The molecule has 0 atom stereocenters. The third-order valence-corrected chi connectivity index (χ3v) is 3.85. The van der Waals surface area contributed by atoms with Crippen molar-refractivity contribution in [2.75, 3.05) is 4.90 Å². The van der Waals surface area contributed by atoms with Gasteiger partial charge in [0.2, 0.25) is 0 Å². The number of fused-ring (bicyclic) bond motifs is 1. The van der Waals surface area contributed by atoms with Crippen LogP contribution in [0.3, 0.4) is 0 Å². The van der Waals surface area contributed by atoms with Gasteiger partial charge in [-0.05, 0) is 18.6 Å². The number of hydrogen-bond donors (Lipinski definition) is 0. The molecular weight excluding hydrogens is 290 g/mol. The summed E-state index contributed by atoms with van der Waals surface area (Å²) in [6, 6.07) is 5.10. The van der Waals surface area contributed by atoms with Crippen LogP contribution in [0.25, 0.3) is 0 Å². The van der Waals surface area contributed by atoms with Gasteiger partial charge in [-0.25, -0.2) is 4.98 Å². The first-order valence-electron chi connectivity index (χ1n) is 6.77. The number of aryl methyl sites for hydroxylation is 1.